The van der Waals surface area contributed by atoms with Crippen molar-refractivity contribution in [2.45, 2.75) is 97.7 Å². The third kappa shape index (κ3) is 13.6. The molecule has 0 saturated carbocycles. The lowest BCUT2D eigenvalue weighted by atomic mass is 9.78. The van der Waals surface area contributed by atoms with Crippen LogP contribution in [-0.4, -0.2) is 60.6 Å². The molecule has 0 radical (unpaired) electrons. The van der Waals surface area contributed by atoms with Gasteiger partial charge in [-0.3, -0.25) is 0 Å². The molecule has 360 valence electrons. The van der Waals surface area contributed by atoms with Crippen molar-refractivity contribution in [3.8, 4) is 34.1 Å². The molecule has 0 heterocycles. The zero-order valence-corrected chi connectivity index (χ0v) is 42.9. The summed E-state index contributed by atoms with van der Waals surface area (Å²) in [7, 11) is 8.09. The third-order valence-electron chi connectivity index (χ3n) is 11.9. The first-order chi connectivity index (χ1) is 32.1. The predicted octanol–water partition coefficient (Wildman–Crippen LogP) is 13.3. The van der Waals surface area contributed by atoms with E-state index in [1.807, 2.05) is 46.4 Å². The molecule has 2 atom stereocenters. The number of carboxylic acid groups (broad SMARTS) is 2. The van der Waals surface area contributed by atoms with Crippen molar-refractivity contribution < 1.29 is 30.0 Å². The van der Waals surface area contributed by atoms with Gasteiger partial charge in [0.05, 0.1) is 17.2 Å². The van der Waals surface area contributed by atoms with Gasteiger partial charge in [-0.25, -0.2) is 9.59 Å². The summed E-state index contributed by atoms with van der Waals surface area (Å²) >= 11 is 0. The van der Waals surface area contributed by atoms with Crippen LogP contribution in [0.15, 0.2) is 127 Å². The van der Waals surface area contributed by atoms with Gasteiger partial charge in [0.25, 0.3) is 0 Å². The highest BCUT2D eigenvalue weighted by Crippen LogP contribution is 2.43. The van der Waals surface area contributed by atoms with Crippen LogP contribution in [0.25, 0.3) is 28.3 Å². The number of anilines is 2. The van der Waals surface area contributed by atoms with Crippen molar-refractivity contribution in [2.24, 2.45) is 0 Å². The third-order valence-corrected chi connectivity index (χ3v) is 11.9. The molecule has 2 unspecified atom stereocenters. The minimum absolute atomic E-state index is 0.0660. The molecule has 0 aromatic heterocycles. The quantitative estimate of drug-likeness (QED) is 0.100. The van der Waals surface area contributed by atoms with E-state index < -0.39 is 24.1 Å². The van der Waals surface area contributed by atoms with Crippen molar-refractivity contribution >= 4 is 29.4 Å². The second-order valence-electron chi connectivity index (χ2n) is 21.2. The van der Waals surface area contributed by atoms with Gasteiger partial charge in [-0.05, 0) is 139 Å². The molecular formula is C61H70N2O6. The molecule has 0 aliphatic heterocycles. The molecule has 6 aromatic rings. The van der Waals surface area contributed by atoms with Crippen molar-refractivity contribution in [1.29, 1.82) is 0 Å². The summed E-state index contributed by atoms with van der Waals surface area (Å²) in [4.78, 5) is 26.3. The number of hydrogen-bond acceptors (Lipinski definition) is 6. The predicted molar refractivity (Wildman–Crippen MR) is 286 cm³/mol. The molecule has 8 heteroatoms. The maximum atomic E-state index is 11.1. The molecule has 0 spiro atoms. The summed E-state index contributed by atoms with van der Waals surface area (Å²) in [5, 5.41) is 40.3. The van der Waals surface area contributed by atoms with Gasteiger partial charge in [-0.1, -0.05) is 153 Å². The van der Waals surface area contributed by atoms with E-state index in [4.69, 9.17) is 10.2 Å². The highest BCUT2D eigenvalue weighted by Gasteiger charge is 2.28. The Labute approximate surface area is 410 Å². The van der Waals surface area contributed by atoms with Crippen LogP contribution in [0, 0.1) is 18.8 Å². The molecule has 4 N–H and O–H groups in total. The largest absolute Gasteiger partial charge is 0.478 e. The fourth-order valence-electron chi connectivity index (χ4n) is 8.23. The molecule has 0 fully saturated rings. The van der Waals surface area contributed by atoms with Crippen molar-refractivity contribution in [2.75, 3.05) is 38.0 Å². The standard InChI is InChI=1S/C32H37NO3.C29H33NO3/c1-31(2,3)25-16-14-22(15-17-25)26-19-24(20-27(33(7)8)29(26)32(4,5)6)28(34)18-11-21-9-12-23(13-10-21)30(35)36;1-19-7-12-21(13-8-19)24-17-23(18-25(30(5)6)27(24)29(2,3)4)26(31)16-11-20-9-14-22(15-10-20)28(32)33/h9-10,12-17,19-20,28,34H,1-8H3,(H,35,36);7-18,26,31H,1-6H3,(H,32,33)/b;16-11+. The summed E-state index contributed by atoms with van der Waals surface area (Å²) < 4.78 is 0. The summed E-state index contributed by atoms with van der Waals surface area (Å²) in [5.41, 5.74) is 14.8. The van der Waals surface area contributed by atoms with Gasteiger partial charge in [0.1, 0.15) is 6.10 Å². The van der Waals surface area contributed by atoms with Gasteiger partial charge >= 0.3 is 11.9 Å². The SMILES string of the molecule is CN(C)c1cc(C(O)C#Cc2ccc(C(=O)O)cc2)cc(-c2ccc(C(C)(C)C)cc2)c1C(C)(C)C.Cc1ccc(-c2cc(C(O)/C=C/c3ccc(C(=O)O)cc3)cc(N(C)C)c2C(C)(C)C)cc1. The molecule has 0 amide bonds. The van der Waals surface area contributed by atoms with Gasteiger partial charge in [0.15, 0.2) is 0 Å². The molecule has 8 nitrogen and oxygen atoms in total. The number of hydrogen-bond donors (Lipinski definition) is 4. The Hall–Kier alpha value is -6.92. The lowest BCUT2D eigenvalue weighted by molar-refractivity contribution is 0.0686. The second kappa shape index (κ2) is 21.6. The number of carboxylic acids is 2. The minimum atomic E-state index is -0.996. The maximum Gasteiger partial charge on any atom is 0.335 e. The second-order valence-corrected chi connectivity index (χ2v) is 21.2. The number of aromatic carboxylic acids is 2. The Morgan fingerprint density at radius 2 is 0.971 bits per heavy atom. The van der Waals surface area contributed by atoms with Crippen LogP contribution in [0.5, 0.6) is 0 Å². The maximum absolute atomic E-state index is 11.1. The highest BCUT2D eigenvalue weighted by atomic mass is 16.4. The van der Waals surface area contributed by atoms with Crippen molar-refractivity contribution in [1.82, 2.24) is 0 Å². The number of aliphatic hydroxyl groups excluding tert-OH is 2. The van der Waals surface area contributed by atoms with Crippen molar-refractivity contribution in [3.05, 3.63) is 183 Å². The van der Waals surface area contributed by atoms with Crippen LogP contribution < -0.4 is 9.80 Å². The number of aliphatic hydroxyl groups is 2. The van der Waals surface area contributed by atoms with E-state index in [9.17, 15) is 19.8 Å². The first-order valence-electron chi connectivity index (χ1n) is 23.3. The fraction of sp³-hybridized carbons (Fsp3) is 0.311. The zero-order valence-electron chi connectivity index (χ0n) is 42.9. The van der Waals surface area contributed by atoms with Gasteiger partial charge < -0.3 is 30.2 Å². The Bertz CT molecular complexity index is 2840. The fourth-order valence-corrected chi connectivity index (χ4v) is 8.23. The molecule has 6 aromatic carbocycles. The van der Waals surface area contributed by atoms with Gasteiger partial charge in [-0.2, -0.15) is 0 Å². The number of benzene rings is 6. The number of nitrogens with zero attached hydrogens (tertiary/aromatic N) is 2. The Kier molecular flexibility index (Phi) is 16.6. The Morgan fingerprint density at radius 1 is 0.551 bits per heavy atom. The van der Waals surface area contributed by atoms with Crippen LogP contribution >= 0.6 is 0 Å². The normalized spacial score (nSPS) is 12.6. The monoisotopic (exact) mass is 927 g/mol. The number of rotatable bonds is 10. The Morgan fingerprint density at radius 3 is 1.39 bits per heavy atom. The average Bonchev–Trinajstić information content (AvgIpc) is 3.28. The number of carbonyl (C=O) groups is 2. The Balaban J connectivity index is 0.000000258. The minimum Gasteiger partial charge on any atom is -0.478 e. The van der Waals surface area contributed by atoms with E-state index in [-0.39, 0.29) is 27.4 Å². The van der Waals surface area contributed by atoms with E-state index in [0.29, 0.717) is 5.56 Å². The molecule has 0 saturated heterocycles. The number of aryl methyl sites for hydroxylation is 1. The summed E-state index contributed by atoms with van der Waals surface area (Å²) in [6.07, 6.45) is 1.75. The van der Waals surface area contributed by atoms with Gasteiger partial charge in [0.2, 0.25) is 0 Å². The molecule has 69 heavy (non-hydrogen) atoms. The van der Waals surface area contributed by atoms with Crippen LogP contribution in [-0.2, 0) is 16.2 Å². The van der Waals surface area contributed by atoms with Crippen LogP contribution in [0.1, 0.15) is 140 Å². The van der Waals surface area contributed by atoms with E-state index in [1.165, 1.54) is 34.4 Å². The zero-order chi connectivity index (χ0) is 51.2. The smallest absolute Gasteiger partial charge is 0.335 e. The summed E-state index contributed by atoms with van der Waals surface area (Å²) in [5.74, 6) is 3.98. The topological polar surface area (TPSA) is 122 Å². The van der Waals surface area contributed by atoms with E-state index in [0.717, 1.165) is 50.3 Å². The molecule has 0 bridgehead atoms. The van der Waals surface area contributed by atoms with Gasteiger partial charge in [0, 0.05) is 45.1 Å². The van der Waals surface area contributed by atoms with E-state index in [1.54, 1.807) is 42.5 Å². The molecule has 0 aliphatic rings. The van der Waals surface area contributed by atoms with Gasteiger partial charge in [-0.15, -0.1) is 0 Å². The molecule has 0 aliphatic carbocycles. The average molecular weight is 927 g/mol. The van der Waals surface area contributed by atoms with Crippen molar-refractivity contribution in [3.63, 3.8) is 0 Å². The summed E-state index contributed by atoms with van der Waals surface area (Å²) in [6, 6.07) is 38.3. The lowest BCUT2D eigenvalue weighted by Crippen LogP contribution is -2.21. The summed E-state index contributed by atoms with van der Waals surface area (Å²) in [6.45, 7) is 22.0. The van der Waals surface area contributed by atoms with E-state index in [2.05, 4.69) is 152 Å². The highest BCUT2D eigenvalue weighted by molar-refractivity contribution is 5.88. The van der Waals surface area contributed by atoms with E-state index >= 15 is 0 Å². The lowest BCUT2D eigenvalue weighted by Gasteiger charge is -2.31. The molecule has 6 rings (SSSR count). The first kappa shape index (κ1) is 53.0. The van der Waals surface area contributed by atoms with Crippen LogP contribution in [0.4, 0.5) is 11.4 Å². The van der Waals surface area contributed by atoms with Crippen LogP contribution in [0.3, 0.4) is 0 Å². The first-order valence-corrected chi connectivity index (χ1v) is 23.3. The molecular weight excluding hydrogens is 857 g/mol. The van der Waals surface area contributed by atoms with Crippen LogP contribution in [0.2, 0.25) is 0 Å².